The van der Waals surface area contributed by atoms with Crippen molar-refractivity contribution in [1.29, 1.82) is 0 Å². The third-order valence-corrected chi connectivity index (χ3v) is 3.25. The first-order valence-corrected chi connectivity index (χ1v) is 5.72. The Hall–Kier alpha value is -1.26. The molecule has 1 aliphatic rings. The molecular weight excluding hydrogens is 221 g/mol. The second-order valence-corrected chi connectivity index (χ2v) is 4.58. The quantitative estimate of drug-likeness (QED) is 0.844. The number of benzene rings is 1. The number of halogens is 1. The van der Waals surface area contributed by atoms with Gasteiger partial charge in [-0.3, -0.25) is 4.79 Å². The summed E-state index contributed by atoms with van der Waals surface area (Å²) in [5, 5.41) is 10.2. The first-order valence-electron chi connectivity index (χ1n) is 5.72. The Morgan fingerprint density at radius 2 is 2.06 bits per heavy atom. The number of nitrogens with zero attached hydrogens (tertiary/aromatic N) is 1. The molecular formula is C13H16FNO2. The fourth-order valence-corrected chi connectivity index (χ4v) is 2.18. The van der Waals surface area contributed by atoms with Crippen molar-refractivity contribution in [2.75, 3.05) is 20.1 Å². The maximum absolute atomic E-state index is 12.8. The number of rotatable bonds is 2. The fraction of sp³-hybridized carbons (Fsp3) is 0.462. The van der Waals surface area contributed by atoms with E-state index in [9.17, 15) is 14.3 Å². The predicted molar refractivity (Wildman–Crippen MR) is 62.0 cm³/mol. The van der Waals surface area contributed by atoms with Gasteiger partial charge >= 0.3 is 0 Å². The molecule has 0 aliphatic carbocycles. The summed E-state index contributed by atoms with van der Waals surface area (Å²) in [5.74, 6) is -0.660. The highest BCUT2D eigenvalue weighted by Gasteiger charge is 2.32. The lowest BCUT2D eigenvalue weighted by atomic mass is 9.87. The van der Waals surface area contributed by atoms with Crippen molar-refractivity contribution in [2.45, 2.75) is 12.5 Å². The van der Waals surface area contributed by atoms with Crippen LogP contribution in [0.25, 0.3) is 0 Å². The van der Waals surface area contributed by atoms with Gasteiger partial charge in [-0.15, -0.1) is 0 Å². The third-order valence-electron chi connectivity index (χ3n) is 3.25. The molecule has 2 unspecified atom stereocenters. The minimum absolute atomic E-state index is 0.0833. The minimum atomic E-state index is -0.842. The van der Waals surface area contributed by atoms with Crippen LogP contribution in [0.4, 0.5) is 4.39 Å². The monoisotopic (exact) mass is 237 g/mol. The van der Waals surface area contributed by atoms with Crippen LogP contribution in [0.1, 0.15) is 18.1 Å². The summed E-state index contributed by atoms with van der Waals surface area (Å²) >= 11 is 0. The smallest absolute Gasteiger partial charge is 0.141 e. The van der Waals surface area contributed by atoms with Gasteiger partial charge in [0.2, 0.25) is 0 Å². The van der Waals surface area contributed by atoms with Crippen molar-refractivity contribution < 1.29 is 14.3 Å². The summed E-state index contributed by atoms with van der Waals surface area (Å²) in [4.78, 5) is 13.8. The van der Waals surface area contributed by atoms with E-state index in [0.29, 0.717) is 18.5 Å². The van der Waals surface area contributed by atoms with Gasteiger partial charge in [-0.25, -0.2) is 4.39 Å². The number of aliphatic hydroxyl groups is 1. The number of aliphatic hydroxyl groups excluding tert-OH is 1. The van der Waals surface area contributed by atoms with Gasteiger partial charge in [0.05, 0.1) is 12.0 Å². The van der Waals surface area contributed by atoms with Gasteiger partial charge in [-0.1, -0.05) is 12.1 Å². The number of likely N-dealkylation sites (tertiary alicyclic amines) is 1. The fourth-order valence-electron chi connectivity index (χ4n) is 2.18. The highest BCUT2D eigenvalue weighted by atomic mass is 19.1. The SMILES string of the molecule is CN1CCC(=O)C(C(O)c2ccc(F)cc2)C1. The van der Waals surface area contributed by atoms with E-state index < -0.39 is 12.0 Å². The summed E-state index contributed by atoms with van der Waals surface area (Å²) in [5.41, 5.74) is 0.597. The van der Waals surface area contributed by atoms with Crippen molar-refractivity contribution in [2.24, 2.45) is 5.92 Å². The summed E-state index contributed by atoms with van der Waals surface area (Å²) < 4.78 is 12.8. The zero-order chi connectivity index (χ0) is 12.4. The Bertz CT molecular complexity index is 404. The van der Waals surface area contributed by atoms with Crippen molar-refractivity contribution in [3.05, 3.63) is 35.6 Å². The first kappa shape index (κ1) is 12.2. The Morgan fingerprint density at radius 3 is 2.71 bits per heavy atom. The number of hydrogen-bond donors (Lipinski definition) is 1. The van der Waals surface area contributed by atoms with Gasteiger partial charge in [0.25, 0.3) is 0 Å². The van der Waals surface area contributed by atoms with Crippen LogP contribution in [-0.2, 0) is 4.79 Å². The molecule has 1 aliphatic heterocycles. The second kappa shape index (κ2) is 4.94. The van der Waals surface area contributed by atoms with Gasteiger partial charge in [-0.2, -0.15) is 0 Å². The molecule has 4 heteroatoms. The van der Waals surface area contributed by atoms with Gasteiger partial charge in [0, 0.05) is 19.5 Å². The molecule has 0 aromatic heterocycles. The Balaban J connectivity index is 2.15. The van der Waals surface area contributed by atoms with Gasteiger partial charge in [-0.05, 0) is 24.7 Å². The molecule has 0 bridgehead atoms. The Kier molecular flexibility index (Phi) is 3.54. The van der Waals surface area contributed by atoms with Crippen LogP contribution in [-0.4, -0.2) is 35.9 Å². The highest BCUT2D eigenvalue weighted by molar-refractivity contribution is 5.82. The number of hydrogen-bond acceptors (Lipinski definition) is 3. The molecule has 1 N–H and O–H groups in total. The lowest BCUT2D eigenvalue weighted by molar-refractivity contribution is -0.130. The molecule has 1 saturated heterocycles. The number of piperidine rings is 1. The van der Waals surface area contributed by atoms with E-state index in [1.807, 2.05) is 11.9 Å². The van der Waals surface area contributed by atoms with Crippen molar-refractivity contribution in [3.63, 3.8) is 0 Å². The number of carbonyl (C=O) groups excluding carboxylic acids is 1. The van der Waals surface area contributed by atoms with E-state index >= 15 is 0 Å². The molecule has 0 saturated carbocycles. The standard InChI is InChI=1S/C13H16FNO2/c1-15-7-6-12(16)11(8-15)13(17)9-2-4-10(14)5-3-9/h2-5,11,13,17H,6-8H2,1H3. The summed E-state index contributed by atoms with van der Waals surface area (Å²) in [6.07, 6.45) is -0.370. The molecule has 1 aromatic rings. The molecule has 2 atom stereocenters. The molecule has 17 heavy (non-hydrogen) atoms. The lowest BCUT2D eigenvalue weighted by Gasteiger charge is -2.31. The summed E-state index contributed by atoms with van der Waals surface area (Å²) in [6.45, 7) is 1.29. The molecule has 92 valence electrons. The summed E-state index contributed by atoms with van der Waals surface area (Å²) in [6, 6.07) is 5.66. The number of carbonyl (C=O) groups is 1. The van der Waals surface area contributed by atoms with E-state index in [0.717, 1.165) is 6.54 Å². The molecule has 0 amide bonds. The average Bonchev–Trinajstić information content (AvgIpc) is 2.32. The largest absolute Gasteiger partial charge is 0.388 e. The van der Waals surface area contributed by atoms with Crippen LogP contribution >= 0.6 is 0 Å². The Morgan fingerprint density at radius 1 is 1.41 bits per heavy atom. The van der Waals surface area contributed by atoms with Gasteiger partial charge in [0.15, 0.2) is 0 Å². The van der Waals surface area contributed by atoms with Crippen LogP contribution in [0, 0.1) is 11.7 Å². The Labute approximate surface area is 99.9 Å². The van der Waals surface area contributed by atoms with Gasteiger partial charge in [0.1, 0.15) is 11.6 Å². The van der Waals surface area contributed by atoms with Crippen LogP contribution in [0.15, 0.2) is 24.3 Å². The average molecular weight is 237 g/mol. The summed E-state index contributed by atoms with van der Waals surface area (Å²) in [7, 11) is 1.93. The predicted octanol–water partition coefficient (Wildman–Crippen LogP) is 1.38. The van der Waals surface area contributed by atoms with Crippen molar-refractivity contribution in [3.8, 4) is 0 Å². The topological polar surface area (TPSA) is 40.5 Å². The number of ketones is 1. The third kappa shape index (κ3) is 2.70. The van der Waals surface area contributed by atoms with Crippen LogP contribution < -0.4 is 0 Å². The zero-order valence-corrected chi connectivity index (χ0v) is 9.77. The molecule has 0 radical (unpaired) electrons. The minimum Gasteiger partial charge on any atom is -0.388 e. The van der Waals surface area contributed by atoms with E-state index in [1.165, 1.54) is 24.3 Å². The molecule has 3 nitrogen and oxygen atoms in total. The molecule has 1 heterocycles. The van der Waals surface area contributed by atoms with Gasteiger partial charge < -0.3 is 10.0 Å². The highest BCUT2D eigenvalue weighted by Crippen LogP contribution is 2.27. The normalized spacial score (nSPS) is 23.7. The van der Waals surface area contributed by atoms with Crippen molar-refractivity contribution in [1.82, 2.24) is 4.90 Å². The van der Waals surface area contributed by atoms with Crippen LogP contribution in [0.3, 0.4) is 0 Å². The van der Waals surface area contributed by atoms with E-state index in [1.54, 1.807) is 0 Å². The lowest BCUT2D eigenvalue weighted by Crippen LogP contribution is -2.41. The molecule has 1 fully saturated rings. The van der Waals surface area contributed by atoms with E-state index in [2.05, 4.69) is 0 Å². The number of Topliss-reactive ketones (excluding diaryl/α,β-unsaturated/α-hetero) is 1. The van der Waals surface area contributed by atoms with E-state index in [-0.39, 0.29) is 11.6 Å². The molecule has 0 spiro atoms. The molecule has 2 rings (SSSR count). The van der Waals surface area contributed by atoms with Crippen LogP contribution in [0.2, 0.25) is 0 Å². The molecule has 1 aromatic carbocycles. The second-order valence-electron chi connectivity index (χ2n) is 4.58. The first-order chi connectivity index (χ1) is 8.08. The maximum atomic E-state index is 12.8. The zero-order valence-electron chi connectivity index (χ0n) is 9.77. The maximum Gasteiger partial charge on any atom is 0.141 e. The van der Waals surface area contributed by atoms with Crippen LogP contribution in [0.5, 0.6) is 0 Å². The van der Waals surface area contributed by atoms with Crippen molar-refractivity contribution >= 4 is 5.78 Å². The van der Waals surface area contributed by atoms with E-state index in [4.69, 9.17) is 0 Å².